The van der Waals surface area contributed by atoms with Crippen LogP contribution in [0.1, 0.15) is 27.2 Å². The maximum absolute atomic E-state index is 5.21. The van der Waals surface area contributed by atoms with E-state index in [-0.39, 0.29) is 0 Å². The van der Waals surface area contributed by atoms with E-state index in [1.807, 2.05) is 13.8 Å². The van der Waals surface area contributed by atoms with E-state index in [9.17, 15) is 0 Å². The molecule has 2 saturated heterocycles. The molecule has 0 saturated carbocycles. The standard InChI is InChI=1S/C10H20N2O.C2H6/c1-2-3-11-4-6-12(7-5-11)10-8-13-9-10;1-2/h10H,2-9H2,1H3;1-2H3. The second kappa shape index (κ2) is 7.20. The van der Waals surface area contributed by atoms with Crippen molar-refractivity contribution in [1.82, 2.24) is 9.80 Å². The highest BCUT2D eigenvalue weighted by atomic mass is 16.5. The molecule has 15 heavy (non-hydrogen) atoms. The number of rotatable bonds is 3. The number of hydrogen-bond donors (Lipinski definition) is 0. The van der Waals surface area contributed by atoms with Crippen LogP contribution in [0, 0.1) is 0 Å². The number of hydrogen-bond acceptors (Lipinski definition) is 3. The topological polar surface area (TPSA) is 15.7 Å². The van der Waals surface area contributed by atoms with Gasteiger partial charge in [-0.25, -0.2) is 0 Å². The molecule has 2 heterocycles. The quantitative estimate of drug-likeness (QED) is 0.707. The van der Waals surface area contributed by atoms with Crippen molar-refractivity contribution in [2.24, 2.45) is 0 Å². The summed E-state index contributed by atoms with van der Waals surface area (Å²) in [6, 6.07) is 0.740. The third-order valence-corrected chi connectivity index (χ3v) is 3.08. The average Bonchev–Trinajstić information content (AvgIpc) is 2.22. The van der Waals surface area contributed by atoms with Crippen molar-refractivity contribution in [3.8, 4) is 0 Å². The Kier molecular flexibility index (Phi) is 6.22. The highest BCUT2D eigenvalue weighted by molar-refractivity contribution is 4.81. The van der Waals surface area contributed by atoms with Crippen LogP contribution < -0.4 is 0 Å². The molecule has 2 aliphatic rings. The van der Waals surface area contributed by atoms with Gasteiger partial charge in [-0.05, 0) is 13.0 Å². The van der Waals surface area contributed by atoms with Crippen LogP contribution in [0.5, 0.6) is 0 Å². The lowest BCUT2D eigenvalue weighted by Crippen LogP contribution is -2.56. The fraction of sp³-hybridized carbons (Fsp3) is 1.00. The minimum Gasteiger partial charge on any atom is -0.378 e. The molecular formula is C12H26N2O. The molecule has 0 aromatic rings. The van der Waals surface area contributed by atoms with Crippen molar-refractivity contribution in [2.75, 3.05) is 45.9 Å². The van der Waals surface area contributed by atoms with E-state index in [0.29, 0.717) is 0 Å². The molecule has 3 heteroatoms. The molecule has 0 unspecified atom stereocenters. The lowest BCUT2D eigenvalue weighted by atomic mass is 10.2. The number of nitrogens with zero attached hydrogens (tertiary/aromatic N) is 2. The lowest BCUT2D eigenvalue weighted by molar-refractivity contribution is -0.0767. The van der Waals surface area contributed by atoms with Crippen molar-refractivity contribution >= 4 is 0 Å². The summed E-state index contributed by atoms with van der Waals surface area (Å²) in [4.78, 5) is 5.14. The second-order valence-corrected chi connectivity index (χ2v) is 4.07. The SMILES string of the molecule is CC.CCCN1CCN(C2COC2)CC1. The fourth-order valence-electron chi connectivity index (χ4n) is 2.10. The molecular weight excluding hydrogens is 188 g/mol. The third kappa shape index (κ3) is 3.74. The molecule has 0 aromatic carbocycles. The van der Waals surface area contributed by atoms with E-state index >= 15 is 0 Å². The van der Waals surface area contributed by atoms with E-state index in [1.54, 1.807) is 0 Å². The van der Waals surface area contributed by atoms with Gasteiger partial charge in [0.25, 0.3) is 0 Å². The fourth-order valence-corrected chi connectivity index (χ4v) is 2.10. The van der Waals surface area contributed by atoms with Gasteiger partial charge in [0, 0.05) is 26.2 Å². The van der Waals surface area contributed by atoms with Gasteiger partial charge < -0.3 is 9.64 Å². The molecule has 0 spiro atoms. The molecule has 2 rings (SSSR count). The summed E-state index contributed by atoms with van der Waals surface area (Å²) in [7, 11) is 0. The molecule has 90 valence electrons. The summed E-state index contributed by atoms with van der Waals surface area (Å²) in [6.45, 7) is 14.5. The van der Waals surface area contributed by atoms with Gasteiger partial charge in [0.2, 0.25) is 0 Å². The van der Waals surface area contributed by atoms with Crippen molar-refractivity contribution in [2.45, 2.75) is 33.2 Å². The first kappa shape index (κ1) is 12.9. The first-order valence-corrected chi connectivity index (χ1v) is 6.44. The Labute approximate surface area is 94.4 Å². The predicted octanol–water partition coefficient (Wildman–Crippen LogP) is 1.44. The summed E-state index contributed by atoms with van der Waals surface area (Å²) >= 11 is 0. The Morgan fingerprint density at radius 1 is 1.07 bits per heavy atom. The highest BCUT2D eigenvalue weighted by Gasteiger charge is 2.28. The van der Waals surface area contributed by atoms with Crippen LogP contribution in [0.15, 0.2) is 0 Å². The Hall–Kier alpha value is -0.120. The summed E-state index contributed by atoms with van der Waals surface area (Å²) in [5.74, 6) is 0. The zero-order valence-electron chi connectivity index (χ0n) is 10.5. The highest BCUT2D eigenvalue weighted by Crippen LogP contribution is 2.13. The molecule has 2 fully saturated rings. The zero-order valence-corrected chi connectivity index (χ0v) is 10.5. The van der Waals surface area contributed by atoms with Gasteiger partial charge in [-0.3, -0.25) is 4.90 Å². The number of ether oxygens (including phenoxy) is 1. The zero-order chi connectivity index (χ0) is 11.1. The van der Waals surface area contributed by atoms with Crippen molar-refractivity contribution in [3.63, 3.8) is 0 Å². The van der Waals surface area contributed by atoms with Gasteiger partial charge in [-0.15, -0.1) is 0 Å². The van der Waals surface area contributed by atoms with E-state index in [1.165, 1.54) is 39.1 Å². The Morgan fingerprint density at radius 3 is 2.07 bits per heavy atom. The van der Waals surface area contributed by atoms with Crippen LogP contribution in [0.3, 0.4) is 0 Å². The molecule has 0 bridgehead atoms. The molecule has 0 radical (unpaired) electrons. The Bertz CT molecular complexity index is 152. The summed E-state index contributed by atoms with van der Waals surface area (Å²) in [6.07, 6.45) is 1.28. The van der Waals surface area contributed by atoms with Gasteiger partial charge in [-0.1, -0.05) is 20.8 Å². The summed E-state index contributed by atoms with van der Waals surface area (Å²) in [5.41, 5.74) is 0. The van der Waals surface area contributed by atoms with Gasteiger partial charge in [-0.2, -0.15) is 0 Å². The van der Waals surface area contributed by atoms with Crippen molar-refractivity contribution in [3.05, 3.63) is 0 Å². The van der Waals surface area contributed by atoms with Crippen molar-refractivity contribution < 1.29 is 4.74 Å². The van der Waals surface area contributed by atoms with E-state index < -0.39 is 0 Å². The normalized spacial score (nSPS) is 24.2. The molecule has 2 aliphatic heterocycles. The molecule has 0 aliphatic carbocycles. The van der Waals surface area contributed by atoms with Crippen LogP contribution >= 0.6 is 0 Å². The maximum Gasteiger partial charge on any atom is 0.0645 e. The molecule has 3 nitrogen and oxygen atoms in total. The van der Waals surface area contributed by atoms with Crippen LogP contribution in [0.2, 0.25) is 0 Å². The molecule has 0 aromatic heterocycles. The van der Waals surface area contributed by atoms with Gasteiger partial charge in [0.1, 0.15) is 0 Å². The van der Waals surface area contributed by atoms with Crippen LogP contribution in [0.25, 0.3) is 0 Å². The average molecular weight is 214 g/mol. The van der Waals surface area contributed by atoms with Crippen LogP contribution in [-0.4, -0.2) is 61.8 Å². The largest absolute Gasteiger partial charge is 0.378 e. The summed E-state index contributed by atoms with van der Waals surface area (Å²) in [5, 5.41) is 0. The van der Waals surface area contributed by atoms with Crippen LogP contribution in [-0.2, 0) is 4.74 Å². The lowest BCUT2D eigenvalue weighted by Gasteiger charge is -2.42. The van der Waals surface area contributed by atoms with Crippen LogP contribution in [0.4, 0.5) is 0 Å². The van der Waals surface area contributed by atoms with E-state index in [4.69, 9.17) is 4.74 Å². The first-order chi connectivity index (χ1) is 7.40. The number of piperazine rings is 1. The van der Waals surface area contributed by atoms with E-state index in [2.05, 4.69) is 16.7 Å². The Balaban J connectivity index is 0.000000531. The Morgan fingerprint density at radius 2 is 1.67 bits per heavy atom. The van der Waals surface area contributed by atoms with Gasteiger partial charge in [0.15, 0.2) is 0 Å². The third-order valence-electron chi connectivity index (χ3n) is 3.08. The minimum absolute atomic E-state index is 0.740. The molecule has 0 N–H and O–H groups in total. The van der Waals surface area contributed by atoms with E-state index in [0.717, 1.165) is 19.3 Å². The van der Waals surface area contributed by atoms with Crippen molar-refractivity contribution in [1.29, 1.82) is 0 Å². The predicted molar refractivity (Wildman–Crippen MR) is 64.3 cm³/mol. The second-order valence-electron chi connectivity index (χ2n) is 4.07. The molecule has 0 atom stereocenters. The monoisotopic (exact) mass is 214 g/mol. The minimum atomic E-state index is 0.740. The maximum atomic E-state index is 5.21. The van der Waals surface area contributed by atoms with Gasteiger partial charge >= 0.3 is 0 Å². The molecule has 0 amide bonds. The summed E-state index contributed by atoms with van der Waals surface area (Å²) < 4.78 is 5.21. The smallest absolute Gasteiger partial charge is 0.0645 e. The van der Waals surface area contributed by atoms with Gasteiger partial charge in [0.05, 0.1) is 19.3 Å². The first-order valence-electron chi connectivity index (χ1n) is 6.44.